The lowest BCUT2D eigenvalue weighted by Crippen LogP contribution is -2.15. The Morgan fingerprint density at radius 2 is 2.22 bits per heavy atom. The zero-order valence-electron chi connectivity index (χ0n) is 10.1. The Bertz CT molecular complexity index is 468. The molecule has 1 amide bonds. The zero-order valence-corrected chi connectivity index (χ0v) is 10.1. The third-order valence-corrected chi connectivity index (χ3v) is 2.31. The number of hydrogen-bond acceptors (Lipinski definition) is 3. The maximum absolute atomic E-state index is 11.4. The van der Waals surface area contributed by atoms with Crippen molar-refractivity contribution in [3.63, 3.8) is 0 Å². The van der Waals surface area contributed by atoms with Crippen molar-refractivity contribution in [1.82, 2.24) is 0 Å². The molecule has 2 N–H and O–H groups in total. The van der Waals surface area contributed by atoms with Gasteiger partial charge in [-0.2, -0.15) is 0 Å². The van der Waals surface area contributed by atoms with Crippen LogP contribution in [0.5, 0.6) is 0 Å². The van der Waals surface area contributed by atoms with Gasteiger partial charge in [0.2, 0.25) is 0 Å². The first-order valence-electron chi connectivity index (χ1n) is 5.49. The smallest absolute Gasteiger partial charge is 0.411 e. The van der Waals surface area contributed by atoms with Gasteiger partial charge in [-0.05, 0) is 24.1 Å². The van der Waals surface area contributed by atoms with Gasteiger partial charge in [-0.1, -0.05) is 25.6 Å². The minimum absolute atomic E-state index is 0.103. The number of benzene rings is 1. The Morgan fingerprint density at radius 1 is 1.50 bits per heavy atom. The van der Waals surface area contributed by atoms with E-state index in [0.717, 1.165) is 5.56 Å². The average molecular weight is 249 g/mol. The van der Waals surface area contributed by atoms with Crippen molar-refractivity contribution < 1.29 is 19.4 Å². The van der Waals surface area contributed by atoms with Crippen LogP contribution in [0.15, 0.2) is 30.9 Å². The first kappa shape index (κ1) is 13.8. The molecule has 0 saturated carbocycles. The predicted molar refractivity (Wildman–Crippen MR) is 67.9 cm³/mol. The Hall–Kier alpha value is -2.30. The first-order chi connectivity index (χ1) is 8.58. The number of carboxylic acid groups (broad SMARTS) is 1. The molecule has 0 saturated heterocycles. The molecule has 1 aromatic carbocycles. The summed E-state index contributed by atoms with van der Waals surface area (Å²) < 4.78 is 4.78. The summed E-state index contributed by atoms with van der Waals surface area (Å²) in [6, 6.07) is 4.59. The summed E-state index contributed by atoms with van der Waals surface area (Å²) in [4.78, 5) is 22.2. The van der Waals surface area contributed by atoms with Crippen LogP contribution in [0.4, 0.5) is 10.5 Å². The molecular weight excluding hydrogens is 234 g/mol. The minimum atomic E-state index is -1.04. The molecular formula is C13H15NO4. The number of aromatic carboxylic acids is 1. The molecule has 0 heterocycles. The molecule has 0 aliphatic carbocycles. The molecule has 0 aliphatic heterocycles. The van der Waals surface area contributed by atoms with Crippen LogP contribution in [0.3, 0.4) is 0 Å². The highest BCUT2D eigenvalue weighted by Crippen LogP contribution is 2.19. The van der Waals surface area contributed by atoms with Crippen molar-refractivity contribution >= 4 is 17.7 Å². The van der Waals surface area contributed by atoms with Crippen molar-refractivity contribution in [2.24, 2.45) is 0 Å². The van der Waals surface area contributed by atoms with Crippen LogP contribution in [-0.2, 0) is 11.2 Å². The molecule has 5 heteroatoms. The van der Waals surface area contributed by atoms with E-state index in [1.807, 2.05) is 6.92 Å². The topological polar surface area (TPSA) is 75.6 Å². The van der Waals surface area contributed by atoms with Crippen molar-refractivity contribution in [1.29, 1.82) is 0 Å². The summed E-state index contributed by atoms with van der Waals surface area (Å²) in [5.41, 5.74) is 1.41. The van der Waals surface area contributed by atoms with Gasteiger partial charge < -0.3 is 9.84 Å². The monoisotopic (exact) mass is 249 g/mol. The lowest BCUT2D eigenvalue weighted by molar-refractivity contribution is 0.0697. The molecule has 0 spiro atoms. The number of carbonyl (C=O) groups excluding carboxylic acids is 1. The molecule has 96 valence electrons. The van der Waals surface area contributed by atoms with Crippen molar-refractivity contribution in [2.75, 3.05) is 11.9 Å². The zero-order chi connectivity index (χ0) is 13.5. The number of rotatable bonds is 5. The van der Waals surface area contributed by atoms with Gasteiger partial charge in [0.1, 0.15) is 6.61 Å². The van der Waals surface area contributed by atoms with Crippen LogP contribution >= 0.6 is 0 Å². The van der Waals surface area contributed by atoms with Crippen molar-refractivity contribution in [2.45, 2.75) is 13.3 Å². The first-order valence-corrected chi connectivity index (χ1v) is 5.49. The number of ether oxygens (including phenoxy) is 1. The maximum atomic E-state index is 11.4. The van der Waals surface area contributed by atoms with E-state index < -0.39 is 12.1 Å². The standard InChI is InChI=1S/C13H15NO4/c1-3-7-18-13(17)14-11-8-10(12(15)16)6-5-9(11)4-2/h3,5-6,8H,1,4,7H2,2H3,(H,14,17)(H,15,16). The van der Waals surface area contributed by atoms with E-state index >= 15 is 0 Å². The largest absolute Gasteiger partial charge is 0.478 e. The molecule has 0 atom stereocenters. The molecule has 0 aromatic heterocycles. The quantitative estimate of drug-likeness (QED) is 0.786. The Balaban J connectivity index is 2.90. The summed E-state index contributed by atoms with van der Waals surface area (Å²) >= 11 is 0. The van der Waals surface area contributed by atoms with Gasteiger partial charge in [-0.3, -0.25) is 5.32 Å². The van der Waals surface area contributed by atoms with Crippen molar-refractivity contribution in [3.05, 3.63) is 42.0 Å². The summed E-state index contributed by atoms with van der Waals surface area (Å²) in [5.74, 6) is -1.04. The highest BCUT2D eigenvalue weighted by molar-refractivity contribution is 5.92. The lowest BCUT2D eigenvalue weighted by Gasteiger charge is -2.10. The van der Waals surface area contributed by atoms with Gasteiger partial charge in [0.05, 0.1) is 5.56 Å². The van der Waals surface area contributed by atoms with Crippen LogP contribution in [0.1, 0.15) is 22.8 Å². The lowest BCUT2D eigenvalue weighted by atomic mass is 10.1. The molecule has 1 rings (SSSR count). The second kappa shape index (κ2) is 6.44. The van der Waals surface area contributed by atoms with E-state index in [4.69, 9.17) is 9.84 Å². The Labute approximate surface area is 105 Å². The number of anilines is 1. The Kier molecular flexibility index (Phi) is 4.92. The SMILES string of the molecule is C=CCOC(=O)Nc1cc(C(=O)O)ccc1CC. The number of aryl methyl sites for hydroxylation is 1. The third-order valence-electron chi connectivity index (χ3n) is 2.31. The number of carbonyl (C=O) groups is 2. The second-order valence-corrected chi connectivity index (χ2v) is 3.54. The van der Waals surface area contributed by atoms with Crippen LogP contribution in [0.2, 0.25) is 0 Å². The molecule has 18 heavy (non-hydrogen) atoms. The van der Waals surface area contributed by atoms with Crippen LogP contribution in [0, 0.1) is 0 Å². The highest BCUT2D eigenvalue weighted by Gasteiger charge is 2.10. The molecule has 0 radical (unpaired) electrons. The van der Waals surface area contributed by atoms with Crippen LogP contribution in [0.25, 0.3) is 0 Å². The molecule has 0 aliphatic rings. The fourth-order valence-electron chi connectivity index (χ4n) is 1.41. The summed E-state index contributed by atoms with van der Waals surface area (Å²) in [7, 11) is 0. The van der Waals surface area contributed by atoms with Crippen LogP contribution < -0.4 is 5.32 Å². The number of nitrogens with one attached hydrogen (secondary N) is 1. The molecule has 5 nitrogen and oxygen atoms in total. The van der Waals surface area contributed by atoms with Crippen LogP contribution in [-0.4, -0.2) is 23.8 Å². The Morgan fingerprint density at radius 3 is 2.78 bits per heavy atom. The average Bonchev–Trinajstić information content (AvgIpc) is 2.36. The molecule has 0 unspecified atom stereocenters. The van der Waals surface area contributed by atoms with Gasteiger partial charge in [0.15, 0.2) is 0 Å². The van der Waals surface area contributed by atoms with Crippen molar-refractivity contribution in [3.8, 4) is 0 Å². The highest BCUT2D eigenvalue weighted by atomic mass is 16.5. The third kappa shape index (κ3) is 3.62. The fraction of sp³-hybridized carbons (Fsp3) is 0.231. The summed E-state index contributed by atoms with van der Waals surface area (Å²) in [6.45, 7) is 5.44. The van der Waals surface area contributed by atoms with Gasteiger partial charge in [0.25, 0.3) is 0 Å². The summed E-state index contributed by atoms with van der Waals surface area (Å²) in [6.07, 6.45) is 1.50. The van der Waals surface area contributed by atoms with E-state index in [-0.39, 0.29) is 12.2 Å². The molecule has 1 aromatic rings. The molecule has 0 fully saturated rings. The van der Waals surface area contributed by atoms with Gasteiger partial charge in [-0.15, -0.1) is 0 Å². The molecule has 0 bridgehead atoms. The second-order valence-electron chi connectivity index (χ2n) is 3.54. The van der Waals surface area contributed by atoms with Gasteiger partial charge in [-0.25, -0.2) is 9.59 Å². The normalized spacial score (nSPS) is 9.61. The number of hydrogen-bond donors (Lipinski definition) is 2. The van der Waals surface area contributed by atoms with E-state index in [1.165, 1.54) is 18.2 Å². The van der Waals surface area contributed by atoms with E-state index in [9.17, 15) is 9.59 Å². The van der Waals surface area contributed by atoms with Gasteiger partial charge in [0, 0.05) is 5.69 Å². The fourth-order valence-corrected chi connectivity index (χ4v) is 1.41. The number of carboxylic acids is 1. The van der Waals surface area contributed by atoms with E-state index in [2.05, 4.69) is 11.9 Å². The van der Waals surface area contributed by atoms with E-state index in [0.29, 0.717) is 12.1 Å². The minimum Gasteiger partial charge on any atom is -0.478 e. The van der Waals surface area contributed by atoms with E-state index in [1.54, 1.807) is 6.07 Å². The van der Waals surface area contributed by atoms with Gasteiger partial charge >= 0.3 is 12.1 Å². The number of amides is 1. The summed E-state index contributed by atoms with van der Waals surface area (Å²) in [5, 5.41) is 11.4. The maximum Gasteiger partial charge on any atom is 0.411 e. The predicted octanol–water partition coefficient (Wildman–Crippen LogP) is 2.68.